The van der Waals surface area contributed by atoms with Gasteiger partial charge in [-0.25, -0.2) is 5.43 Å². The van der Waals surface area contributed by atoms with Crippen molar-refractivity contribution in [2.24, 2.45) is 5.10 Å². The minimum absolute atomic E-state index is 0.0612. The maximum absolute atomic E-state index is 11.9. The molecule has 114 valence electrons. The number of amides is 1. The van der Waals surface area contributed by atoms with E-state index in [-0.39, 0.29) is 5.91 Å². The molecule has 21 heavy (non-hydrogen) atoms. The average Bonchev–Trinajstić information content (AvgIpc) is 2.42. The second-order valence-electron chi connectivity index (χ2n) is 5.39. The average molecular weight is 308 g/mol. The standard InChI is InChI=1S/C16H22ClN3O/c17-15-8-6-7-14(11-15)12-18-19-16(21)13-20-9-4-2-1-3-5-10-20/h6-8,11-12H,1-5,9-10,13H2,(H,19,21)/b18-12+. The van der Waals surface area contributed by atoms with Crippen molar-refractivity contribution in [3.63, 3.8) is 0 Å². The van der Waals surface area contributed by atoms with Gasteiger partial charge in [-0.2, -0.15) is 5.10 Å². The summed E-state index contributed by atoms with van der Waals surface area (Å²) in [5, 5.41) is 4.64. The normalized spacial score (nSPS) is 17.4. The molecule has 1 aliphatic heterocycles. The Morgan fingerprint density at radius 1 is 1.24 bits per heavy atom. The van der Waals surface area contributed by atoms with Crippen molar-refractivity contribution < 1.29 is 4.79 Å². The third kappa shape index (κ3) is 6.27. The van der Waals surface area contributed by atoms with E-state index in [0.29, 0.717) is 11.6 Å². The van der Waals surface area contributed by atoms with Crippen LogP contribution in [0.4, 0.5) is 0 Å². The van der Waals surface area contributed by atoms with Crippen LogP contribution in [0.3, 0.4) is 0 Å². The zero-order valence-electron chi connectivity index (χ0n) is 12.2. The topological polar surface area (TPSA) is 44.7 Å². The van der Waals surface area contributed by atoms with Crippen LogP contribution < -0.4 is 5.43 Å². The smallest absolute Gasteiger partial charge is 0.254 e. The van der Waals surface area contributed by atoms with Crippen LogP contribution in [0.15, 0.2) is 29.4 Å². The van der Waals surface area contributed by atoms with Gasteiger partial charge in [0.2, 0.25) is 0 Å². The van der Waals surface area contributed by atoms with E-state index in [0.717, 1.165) is 18.7 Å². The SMILES string of the molecule is O=C(CN1CCCCCCC1)N/N=C/c1cccc(Cl)c1. The molecule has 2 rings (SSSR count). The highest BCUT2D eigenvalue weighted by molar-refractivity contribution is 6.30. The number of nitrogens with zero attached hydrogens (tertiary/aromatic N) is 2. The van der Waals surface area contributed by atoms with Gasteiger partial charge in [-0.05, 0) is 43.6 Å². The Balaban J connectivity index is 1.76. The Morgan fingerprint density at radius 2 is 1.95 bits per heavy atom. The van der Waals surface area contributed by atoms with Gasteiger partial charge in [0.15, 0.2) is 0 Å². The van der Waals surface area contributed by atoms with Crippen molar-refractivity contribution in [3.05, 3.63) is 34.9 Å². The number of likely N-dealkylation sites (tertiary alicyclic amines) is 1. The molecule has 1 heterocycles. The molecule has 0 unspecified atom stereocenters. The number of halogens is 1. The molecule has 1 aromatic carbocycles. The quantitative estimate of drug-likeness (QED) is 0.686. The van der Waals surface area contributed by atoms with E-state index in [4.69, 9.17) is 11.6 Å². The number of carbonyl (C=O) groups is 1. The lowest BCUT2D eigenvalue weighted by molar-refractivity contribution is -0.122. The van der Waals surface area contributed by atoms with Crippen LogP contribution in [0.25, 0.3) is 0 Å². The molecule has 0 radical (unpaired) electrons. The van der Waals surface area contributed by atoms with Gasteiger partial charge in [0, 0.05) is 5.02 Å². The van der Waals surface area contributed by atoms with Gasteiger partial charge < -0.3 is 0 Å². The number of hydrogen-bond acceptors (Lipinski definition) is 3. The molecule has 0 saturated carbocycles. The number of benzene rings is 1. The zero-order valence-corrected chi connectivity index (χ0v) is 13.0. The fraction of sp³-hybridized carbons (Fsp3) is 0.500. The Bertz CT molecular complexity index is 482. The molecule has 1 fully saturated rings. The van der Waals surface area contributed by atoms with Gasteiger partial charge in [0.25, 0.3) is 5.91 Å². The van der Waals surface area contributed by atoms with E-state index < -0.39 is 0 Å². The van der Waals surface area contributed by atoms with E-state index in [1.807, 2.05) is 12.1 Å². The molecular weight excluding hydrogens is 286 g/mol. The molecular formula is C16H22ClN3O. The maximum atomic E-state index is 11.9. The molecule has 1 aliphatic rings. The van der Waals surface area contributed by atoms with Crippen LogP contribution in [-0.2, 0) is 4.79 Å². The molecule has 0 aliphatic carbocycles. The van der Waals surface area contributed by atoms with E-state index in [1.54, 1.807) is 18.3 Å². The van der Waals surface area contributed by atoms with Gasteiger partial charge in [-0.15, -0.1) is 0 Å². The first-order valence-electron chi connectivity index (χ1n) is 7.54. The predicted octanol–water partition coefficient (Wildman–Crippen LogP) is 3.06. The highest BCUT2D eigenvalue weighted by Crippen LogP contribution is 2.10. The van der Waals surface area contributed by atoms with Gasteiger partial charge in [0.1, 0.15) is 0 Å². The molecule has 1 aromatic rings. The highest BCUT2D eigenvalue weighted by atomic mass is 35.5. The fourth-order valence-electron chi connectivity index (χ4n) is 2.48. The summed E-state index contributed by atoms with van der Waals surface area (Å²) < 4.78 is 0. The monoisotopic (exact) mass is 307 g/mol. The summed E-state index contributed by atoms with van der Waals surface area (Å²) in [7, 11) is 0. The summed E-state index contributed by atoms with van der Waals surface area (Å²) in [4.78, 5) is 14.1. The van der Waals surface area contributed by atoms with Gasteiger partial charge in [0.05, 0.1) is 12.8 Å². The van der Waals surface area contributed by atoms with Gasteiger partial charge >= 0.3 is 0 Å². The molecule has 5 heteroatoms. The molecule has 1 amide bonds. The number of hydrazone groups is 1. The van der Waals surface area contributed by atoms with Crippen molar-refractivity contribution >= 4 is 23.7 Å². The minimum atomic E-state index is -0.0612. The van der Waals surface area contributed by atoms with Crippen LogP contribution in [0, 0.1) is 0 Å². The summed E-state index contributed by atoms with van der Waals surface area (Å²) in [6.45, 7) is 2.43. The van der Waals surface area contributed by atoms with Crippen LogP contribution in [0.2, 0.25) is 5.02 Å². The number of nitrogens with one attached hydrogen (secondary N) is 1. The summed E-state index contributed by atoms with van der Waals surface area (Å²) >= 11 is 5.89. The van der Waals surface area contributed by atoms with Crippen LogP contribution in [0.5, 0.6) is 0 Å². The van der Waals surface area contributed by atoms with Crippen molar-refractivity contribution in [3.8, 4) is 0 Å². The van der Waals surface area contributed by atoms with E-state index >= 15 is 0 Å². The summed E-state index contributed by atoms with van der Waals surface area (Å²) in [6.07, 6.45) is 7.83. The van der Waals surface area contributed by atoms with Gasteiger partial charge in [-0.3, -0.25) is 9.69 Å². The van der Waals surface area contributed by atoms with Crippen LogP contribution >= 0.6 is 11.6 Å². The van der Waals surface area contributed by atoms with Crippen molar-refractivity contribution in [2.75, 3.05) is 19.6 Å². The number of hydrogen-bond donors (Lipinski definition) is 1. The third-order valence-corrected chi connectivity index (χ3v) is 3.80. The van der Waals surface area contributed by atoms with Crippen LogP contribution in [0.1, 0.15) is 37.7 Å². The lowest BCUT2D eigenvalue weighted by Crippen LogP contribution is -2.37. The zero-order chi connectivity index (χ0) is 14.9. The van der Waals surface area contributed by atoms with E-state index in [2.05, 4.69) is 15.4 Å². The van der Waals surface area contributed by atoms with Gasteiger partial charge in [-0.1, -0.05) is 43.0 Å². The van der Waals surface area contributed by atoms with Crippen molar-refractivity contribution in [2.45, 2.75) is 32.1 Å². The molecule has 1 N–H and O–H groups in total. The van der Waals surface area contributed by atoms with E-state index in [1.165, 1.54) is 32.1 Å². The summed E-state index contributed by atoms with van der Waals surface area (Å²) in [5.41, 5.74) is 3.45. The highest BCUT2D eigenvalue weighted by Gasteiger charge is 2.11. The first kappa shape index (κ1) is 16.0. The molecule has 0 spiro atoms. The summed E-state index contributed by atoms with van der Waals surface area (Å²) in [6, 6.07) is 7.35. The number of carbonyl (C=O) groups excluding carboxylic acids is 1. The Hall–Kier alpha value is -1.39. The Kier molecular flexibility index (Phi) is 6.70. The first-order chi connectivity index (χ1) is 10.2. The Labute approximate surface area is 131 Å². The predicted molar refractivity (Wildman–Crippen MR) is 86.7 cm³/mol. The molecule has 0 bridgehead atoms. The minimum Gasteiger partial charge on any atom is -0.294 e. The largest absolute Gasteiger partial charge is 0.294 e. The lowest BCUT2D eigenvalue weighted by Gasteiger charge is -2.23. The van der Waals surface area contributed by atoms with Crippen molar-refractivity contribution in [1.29, 1.82) is 0 Å². The first-order valence-corrected chi connectivity index (χ1v) is 7.92. The van der Waals surface area contributed by atoms with Crippen molar-refractivity contribution in [1.82, 2.24) is 10.3 Å². The second-order valence-corrected chi connectivity index (χ2v) is 5.83. The molecule has 0 aromatic heterocycles. The molecule has 1 saturated heterocycles. The third-order valence-electron chi connectivity index (χ3n) is 3.57. The fourth-order valence-corrected chi connectivity index (χ4v) is 2.67. The lowest BCUT2D eigenvalue weighted by atomic mass is 10.1. The second kappa shape index (κ2) is 8.80. The molecule has 0 atom stereocenters. The maximum Gasteiger partial charge on any atom is 0.254 e. The Morgan fingerprint density at radius 3 is 2.67 bits per heavy atom. The number of rotatable bonds is 4. The molecule has 4 nitrogen and oxygen atoms in total. The summed E-state index contributed by atoms with van der Waals surface area (Å²) in [5.74, 6) is -0.0612. The van der Waals surface area contributed by atoms with E-state index in [9.17, 15) is 4.79 Å². The van der Waals surface area contributed by atoms with Crippen LogP contribution in [-0.4, -0.2) is 36.7 Å².